The first kappa shape index (κ1) is 15.8. The van der Waals surface area contributed by atoms with Gasteiger partial charge in [-0.2, -0.15) is 5.26 Å². The van der Waals surface area contributed by atoms with Crippen LogP contribution in [-0.2, 0) is 0 Å². The molecule has 22 heavy (non-hydrogen) atoms. The number of nitriles is 1. The number of aliphatic hydroxyl groups excluding tert-OH is 1. The van der Waals surface area contributed by atoms with Gasteiger partial charge in [0.1, 0.15) is 25.1 Å². The third kappa shape index (κ3) is 4.21. The van der Waals surface area contributed by atoms with E-state index in [4.69, 9.17) is 14.7 Å². The van der Waals surface area contributed by atoms with Gasteiger partial charge in [-0.3, -0.25) is 0 Å². The van der Waals surface area contributed by atoms with Crippen LogP contribution in [0.25, 0.3) is 0 Å². The Kier molecular flexibility index (Phi) is 5.34. The molecule has 1 N–H and O–H groups in total. The van der Waals surface area contributed by atoms with Crippen molar-refractivity contribution in [3.05, 3.63) is 59.4 Å². The van der Waals surface area contributed by atoms with E-state index in [2.05, 4.69) is 0 Å². The lowest BCUT2D eigenvalue weighted by atomic mass is 10.2. The maximum atomic E-state index is 13.6. The number of rotatable bonds is 6. The summed E-state index contributed by atoms with van der Waals surface area (Å²) in [5, 5.41) is 18.5. The average molecular weight is 301 g/mol. The second-order valence-electron chi connectivity index (χ2n) is 4.80. The van der Waals surface area contributed by atoms with Crippen molar-refractivity contribution in [3.8, 4) is 17.6 Å². The van der Waals surface area contributed by atoms with E-state index in [-0.39, 0.29) is 24.5 Å². The summed E-state index contributed by atoms with van der Waals surface area (Å²) in [5.74, 6) is 0.0473. The molecule has 1 unspecified atom stereocenters. The van der Waals surface area contributed by atoms with E-state index in [1.54, 1.807) is 0 Å². The van der Waals surface area contributed by atoms with Crippen molar-refractivity contribution in [1.29, 1.82) is 5.26 Å². The van der Waals surface area contributed by atoms with Crippen molar-refractivity contribution in [3.63, 3.8) is 0 Å². The maximum absolute atomic E-state index is 13.6. The highest BCUT2D eigenvalue weighted by Gasteiger charge is 2.10. The van der Waals surface area contributed by atoms with Crippen LogP contribution in [0.3, 0.4) is 0 Å². The molecule has 0 aliphatic heterocycles. The van der Waals surface area contributed by atoms with Crippen molar-refractivity contribution in [1.82, 2.24) is 0 Å². The van der Waals surface area contributed by atoms with Crippen LogP contribution in [0.15, 0.2) is 42.5 Å². The largest absolute Gasteiger partial charge is 0.490 e. The minimum Gasteiger partial charge on any atom is -0.490 e. The number of aryl methyl sites for hydroxylation is 1. The van der Waals surface area contributed by atoms with Crippen LogP contribution in [-0.4, -0.2) is 24.4 Å². The Morgan fingerprint density at radius 3 is 2.45 bits per heavy atom. The van der Waals surface area contributed by atoms with E-state index in [1.165, 1.54) is 12.1 Å². The lowest BCUT2D eigenvalue weighted by Crippen LogP contribution is -2.25. The normalized spacial score (nSPS) is 11.5. The van der Waals surface area contributed by atoms with Gasteiger partial charge in [-0.25, -0.2) is 4.39 Å². The summed E-state index contributed by atoms with van der Waals surface area (Å²) in [6.07, 6.45) is -0.894. The molecule has 0 fully saturated rings. The van der Waals surface area contributed by atoms with Gasteiger partial charge in [0.2, 0.25) is 0 Å². The molecule has 5 heteroatoms. The Hall–Kier alpha value is -2.58. The molecule has 2 rings (SSSR count). The molecule has 0 aliphatic rings. The SMILES string of the molecule is Cc1ccccc1OCC(O)COc1ccc(C#N)cc1F. The zero-order chi connectivity index (χ0) is 15.9. The number of benzene rings is 2. The molecule has 0 heterocycles. The summed E-state index contributed by atoms with van der Waals surface area (Å²) >= 11 is 0. The summed E-state index contributed by atoms with van der Waals surface area (Å²) in [6, 6.07) is 13.2. The van der Waals surface area contributed by atoms with Crippen LogP contribution in [0, 0.1) is 24.1 Å². The van der Waals surface area contributed by atoms with Gasteiger partial charge >= 0.3 is 0 Å². The topological polar surface area (TPSA) is 62.5 Å². The first-order valence-electron chi connectivity index (χ1n) is 6.79. The molecule has 4 nitrogen and oxygen atoms in total. The number of para-hydroxylation sites is 1. The van der Waals surface area contributed by atoms with E-state index in [9.17, 15) is 9.50 Å². The van der Waals surface area contributed by atoms with E-state index in [0.717, 1.165) is 11.6 Å². The molecule has 2 aromatic carbocycles. The average Bonchev–Trinajstić information content (AvgIpc) is 2.52. The van der Waals surface area contributed by atoms with Crippen LogP contribution < -0.4 is 9.47 Å². The number of aliphatic hydroxyl groups is 1. The highest BCUT2D eigenvalue weighted by Crippen LogP contribution is 2.19. The molecule has 0 saturated heterocycles. The molecule has 0 aromatic heterocycles. The van der Waals surface area contributed by atoms with Crippen LogP contribution >= 0.6 is 0 Å². The first-order valence-corrected chi connectivity index (χ1v) is 6.79. The number of hydrogen-bond acceptors (Lipinski definition) is 4. The summed E-state index contributed by atoms with van der Waals surface area (Å²) < 4.78 is 24.3. The molecule has 1 atom stereocenters. The van der Waals surface area contributed by atoms with Gasteiger partial charge in [-0.15, -0.1) is 0 Å². The molecule has 114 valence electrons. The molecule has 0 amide bonds. The Labute approximate surface area is 128 Å². The van der Waals surface area contributed by atoms with Crippen LogP contribution in [0.4, 0.5) is 4.39 Å². The Bertz CT molecular complexity index is 682. The van der Waals surface area contributed by atoms with Gasteiger partial charge in [0.15, 0.2) is 11.6 Å². The quantitative estimate of drug-likeness (QED) is 0.891. The molecule has 0 spiro atoms. The van der Waals surface area contributed by atoms with Gasteiger partial charge in [0.05, 0.1) is 11.6 Å². The van der Waals surface area contributed by atoms with Crippen LogP contribution in [0.5, 0.6) is 11.5 Å². The number of nitrogens with zero attached hydrogens (tertiary/aromatic N) is 1. The maximum Gasteiger partial charge on any atom is 0.166 e. The predicted molar refractivity (Wildman–Crippen MR) is 79.3 cm³/mol. The number of hydrogen-bond donors (Lipinski definition) is 1. The molecular weight excluding hydrogens is 285 g/mol. The van der Waals surface area contributed by atoms with Crippen LogP contribution in [0.2, 0.25) is 0 Å². The van der Waals surface area contributed by atoms with E-state index < -0.39 is 11.9 Å². The standard InChI is InChI=1S/C17H16FNO3/c1-12-4-2-3-5-16(12)21-10-14(20)11-22-17-7-6-13(9-19)8-15(17)18/h2-8,14,20H,10-11H2,1H3. The third-order valence-electron chi connectivity index (χ3n) is 3.02. The van der Waals surface area contributed by atoms with Crippen molar-refractivity contribution < 1.29 is 19.0 Å². The van der Waals surface area contributed by atoms with Crippen LogP contribution in [0.1, 0.15) is 11.1 Å². The predicted octanol–water partition coefficient (Wildman–Crippen LogP) is 2.82. The third-order valence-corrected chi connectivity index (χ3v) is 3.02. The van der Waals surface area contributed by atoms with E-state index >= 15 is 0 Å². The number of ether oxygens (including phenoxy) is 2. The lowest BCUT2D eigenvalue weighted by molar-refractivity contribution is 0.0610. The fraction of sp³-hybridized carbons (Fsp3) is 0.235. The van der Waals surface area contributed by atoms with Gasteiger partial charge in [-0.1, -0.05) is 18.2 Å². The summed E-state index contributed by atoms with van der Waals surface area (Å²) in [4.78, 5) is 0. The van der Waals surface area contributed by atoms with Gasteiger partial charge in [0.25, 0.3) is 0 Å². The molecule has 2 aromatic rings. The number of halogens is 1. The van der Waals surface area contributed by atoms with Crippen molar-refractivity contribution in [2.24, 2.45) is 0 Å². The Balaban J connectivity index is 1.84. The van der Waals surface area contributed by atoms with E-state index in [0.29, 0.717) is 5.75 Å². The van der Waals surface area contributed by atoms with Crippen molar-refractivity contribution in [2.75, 3.05) is 13.2 Å². The summed E-state index contributed by atoms with van der Waals surface area (Å²) in [5.41, 5.74) is 1.18. The summed E-state index contributed by atoms with van der Waals surface area (Å²) in [7, 11) is 0. The Morgan fingerprint density at radius 1 is 1.14 bits per heavy atom. The molecule has 0 saturated carbocycles. The highest BCUT2D eigenvalue weighted by molar-refractivity contribution is 5.36. The molecule has 0 aliphatic carbocycles. The zero-order valence-electron chi connectivity index (χ0n) is 12.1. The second kappa shape index (κ2) is 7.43. The van der Waals surface area contributed by atoms with Crippen molar-refractivity contribution in [2.45, 2.75) is 13.0 Å². The first-order chi connectivity index (χ1) is 10.6. The molecular formula is C17H16FNO3. The smallest absolute Gasteiger partial charge is 0.166 e. The fourth-order valence-corrected chi connectivity index (χ4v) is 1.83. The van der Waals surface area contributed by atoms with Gasteiger partial charge in [0, 0.05) is 0 Å². The summed E-state index contributed by atoms with van der Waals surface area (Å²) in [6.45, 7) is 1.85. The fourth-order valence-electron chi connectivity index (χ4n) is 1.83. The highest BCUT2D eigenvalue weighted by atomic mass is 19.1. The lowest BCUT2D eigenvalue weighted by Gasteiger charge is -2.15. The Morgan fingerprint density at radius 2 is 1.82 bits per heavy atom. The van der Waals surface area contributed by atoms with Gasteiger partial charge in [-0.05, 0) is 36.8 Å². The monoisotopic (exact) mass is 301 g/mol. The second-order valence-corrected chi connectivity index (χ2v) is 4.80. The van der Waals surface area contributed by atoms with E-state index in [1.807, 2.05) is 37.3 Å². The minimum absolute atomic E-state index is 0.00561. The van der Waals surface area contributed by atoms with Gasteiger partial charge < -0.3 is 14.6 Å². The molecule has 0 bridgehead atoms. The zero-order valence-corrected chi connectivity index (χ0v) is 12.1. The minimum atomic E-state index is -0.894. The molecule has 0 radical (unpaired) electrons. The van der Waals surface area contributed by atoms with Crippen molar-refractivity contribution >= 4 is 0 Å².